The maximum atomic E-state index is 10.7. The number of nitrogens with zero attached hydrogens (tertiary/aromatic N) is 1. The number of carboxylic acids is 1. The van der Waals surface area contributed by atoms with E-state index >= 15 is 0 Å². The Balaban J connectivity index is 1.76. The average Bonchev–Trinajstić information content (AvgIpc) is 3.17. The molecule has 2 aliphatic rings. The van der Waals surface area contributed by atoms with Crippen LogP contribution >= 0.6 is 0 Å². The molecule has 0 spiro atoms. The Morgan fingerprint density at radius 2 is 2.11 bits per heavy atom. The molecule has 0 radical (unpaired) electrons. The second-order valence-electron chi connectivity index (χ2n) is 5.96. The molecule has 2 atom stereocenters. The highest BCUT2D eigenvalue weighted by molar-refractivity contribution is 5.66. The number of carbonyl (C=O) groups is 1. The number of nitrogens with one attached hydrogen (secondary N) is 1. The van der Waals surface area contributed by atoms with Crippen LogP contribution < -0.4 is 5.32 Å². The number of piperidine rings is 1. The molecule has 1 heterocycles. The highest BCUT2D eigenvalue weighted by Gasteiger charge is 2.28. The summed E-state index contributed by atoms with van der Waals surface area (Å²) in [6.45, 7) is 6.20. The van der Waals surface area contributed by atoms with Crippen LogP contribution in [0.2, 0.25) is 0 Å². The van der Waals surface area contributed by atoms with Crippen LogP contribution in [0.15, 0.2) is 0 Å². The van der Waals surface area contributed by atoms with E-state index in [0.29, 0.717) is 12.6 Å². The van der Waals surface area contributed by atoms with Crippen LogP contribution in [0.1, 0.15) is 39.0 Å². The predicted octanol–water partition coefficient (Wildman–Crippen LogP) is 1.56. The summed E-state index contributed by atoms with van der Waals surface area (Å²) in [6, 6.07) is 0.568. The zero-order valence-corrected chi connectivity index (χ0v) is 11.4. The van der Waals surface area contributed by atoms with Crippen LogP contribution in [0.25, 0.3) is 0 Å². The van der Waals surface area contributed by atoms with Gasteiger partial charge in [-0.05, 0) is 37.6 Å². The van der Waals surface area contributed by atoms with Gasteiger partial charge in [-0.2, -0.15) is 0 Å². The largest absolute Gasteiger partial charge is 0.481 e. The summed E-state index contributed by atoms with van der Waals surface area (Å²) in [5.74, 6) is 0.958. The zero-order valence-electron chi connectivity index (χ0n) is 11.4. The first-order valence-corrected chi connectivity index (χ1v) is 7.35. The van der Waals surface area contributed by atoms with Gasteiger partial charge in [0.2, 0.25) is 0 Å². The van der Waals surface area contributed by atoms with Crippen molar-refractivity contribution in [1.82, 2.24) is 10.2 Å². The summed E-state index contributed by atoms with van der Waals surface area (Å²) in [6.07, 6.45) is 5.50. The minimum Gasteiger partial charge on any atom is -0.481 e. The van der Waals surface area contributed by atoms with Gasteiger partial charge < -0.3 is 15.3 Å². The fraction of sp³-hybridized carbons (Fsp3) is 0.929. The molecule has 0 amide bonds. The van der Waals surface area contributed by atoms with Crippen molar-refractivity contribution >= 4 is 5.97 Å². The van der Waals surface area contributed by atoms with Crippen LogP contribution in [-0.2, 0) is 4.79 Å². The smallest absolute Gasteiger partial charge is 0.304 e. The average molecular weight is 254 g/mol. The molecule has 0 aromatic rings. The van der Waals surface area contributed by atoms with Crippen molar-refractivity contribution in [1.29, 1.82) is 0 Å². The molecule has 2 rings (SSSR count). The van der Waals surface area contributed by atoms with Crippen molar-refractivity contribution in [2.45, 2.75) is 45.1 Å². The minimum absolute atomic E-state index is 0.270. The monoisotopic (exact) mass is 254 g/mol. The summed E-state index contributed by atoms with van der Waals surface area (Å²) in [4.78, 5) is 13.0. The molecule has 4 heteroatoms. The zero-order chi connectivity index (χ0) is 13.0. The van der Waals surface area contributed by atoms with E-state index in [1.165, 1.54) is 25.7 Å². The summed E-state index contributed by atoms with van der Waals surface area (Å²) >= 11 is 0. The summed E-state index contributed by atoms with van der Waals surface area (Å²) in [5.41, 5.74) is 0. The maximum Gasteiger partial charge on any atom is 0.304 e. The van der Waals surface area contributed by atoms with Crippen molar-refractivity contribution < 1.29 is 9.90 Å². The number of likely N-dealkylation sites (tertiary alicyclic amines) is 1. The fourth-order valence-electron chi connectivity index (χ4n) is 2.84. The molecule has 0 aromatic carbocycles. The van der Waals surface area contributed by atoms with Gasteiger partial charge in [-0.25, -0.2) is 0 Å². The Morgan fingerprint density at radius 1 is 1.33 bits per heavy atom. The van der Waals surface area contributed by atoms with Crippen LogP contribution in [0, 0.1) is 11.8 Å². The highest BCUT2D eigenvalue weighted by atomic mass is 16.4. The third kappa shape index (κ3) is 4.58. The van der Waals surface area contributed by atoms with Gasteiger partial charge in [0.25, 0.3) is 0 Å². The Morgan fingerprint density at radius 3 is 2.72 bits per heavy atom. The Bertz CT molecular complexity index is 279. The Kier molecular flexibility index (Phi) is 5.01. The number of rotatable bonds is 7. The molecular formula is C14H26N2O2. The van der Waals surface area contributed by atoms with Gasteiger partial charge in [0.1, 0.15) is 0 Å². The van der Waals surface area contributed by atoms with E-state index in [1.807, 2.05) is 0 Å². The molecule has 2 fully saturated rings. The number of hydrogen-bond acceptors (Lipinski definition) is 3. The second-order valence-corrected chi connectivity index (χ2v) is 5.96. The molecule has 0 aromatic heterocycles. The van der Waals surface area contributed by atoms with Crippen molar-refractivity contribution in [3.63, 3.8) is 0 Å². The third-order valence-electron chi connectivity index (χ3n) is 4.22. The van der Waals surface area contributed by atoms with E-state index in [-0.39, 0.29) is 6.42 Å². The molecule has 18 heavy (non-hydrogen) atoms. The van der Waals surface area contributed by atoms with E-state index in [4.69, 9.17) is 5.11 Å². The molecule has 4 nitrogen and oxygen atoms in total. The maximum absolute atomic E-state index is 10.7. The fourth-order valence-corrected chi connectivity index (χ4v) is 2.84. The quantitative estimate of drug-likeness (QED) is 0.724. The lowest BCUT2D eigenvalue weighted by Gasteiger charge is -2.38. The number of carboxylic acid groups (broad SMARTS) is 1. The lowest BCUT2D eigenvalue weighted by molar-refractivity contribution is -0.137. The Labute approximate surface area is 110 Å². The molecular weight excluding hydrogens is 228 g/mol. The molecule has 1 aliphatic heterocycles. The van der Waals surface area contributed by atoms with E-state index in [9.17, 15) is 4.79 Å². The van der Waals surface area contributed by atoms with Gasteiger partial charge in [-0.15, -0.1) is 0 Å². The van der Waals surface area contributed by atoms with Gasteiger partial charge in [0.05, 0.1) is 6.42 Å². The first-order chi connectivity index (χ1) is 8.67. The first-order valence-electron chi connectivity index (χ1n) is 7.35. The van der Waals surface area contributed by atoms with Crippen LogP contribution in [0.3, 0.4) is 0 Å². The van der Waals surface area contributed by atoms with E-state index in [0.717, 1.165) is 31.5 Å². The van der Waals surface area contributed by atoms with E-state index < -0.39 is 5.97 Å². The standard InChI is InChI=1S/C14H26N2O2/c1-2-11-7-13(15-8-12-3-4-12)10-16(9-11)6-5-14(17)18/h11-13,15H,2-10H2,1H3,(H,17,18). The SMILES string of the molecule is CCC1CC(NCC2CC2)CN(CCC(=O)O)C1. The normalized spacial score (nSPS) is 29.4. The van der Waals surface area contributed by atoms with Crippen molar-refractivity contribution in [3.8, 4) is 0 Å². The summed E-state index contributed by atoms with van der Waals surface area (Å²) in [5, 5.41) is 12.5. The molecule has 0 bridgehead atoms. The second kappa shape index (κ2) is 6.53. The van der Waals surface area contributed by atoms with Crippen LogP contribution in [0.5, 0.6) is 0 Å². The first kappa shape index (κ1) is 13.8. The van der Waals surface area contributed by atoms with Gasteiger partial charge in [0, 0.05) is 25.7 Å². The lowest BCUT2D eigenvalue weighted by atomic mass is 9.92. The third-order valence-corrected chi connectivity index (χ3v) is 4.22. The molecule has 2 unspecified atom stereocenters. The molecule has 2 N–H and O–H groups in total. The summed E-state index contributed by atoms with van der Waals surface area (Å²) < 4.78 is 0. The minimum atomic E-state index is -0.684. The highest BCUT2D eigenvalue weighted by Crippen LogP contribution is 2.28. The lowest BCUT2D eigenvalue weighted by Crippen LogP contribution is -2.50. The molecule has 1 aliphatic carbocycles. The Hall–Kier alpha value is -0.610. The predicted molar refractivity (Wildman–Crippen MR) is 71.6 cm³/mol. The van der Waals surface area contributed by atoms with Crippen LogP contribution in [-0.4, -0.2) is 48.2 Å². The van der Waals surface area contributed by atoms with Crippen molar-refractivity contribution in [2.24, 2.45) is 11.8 Å². The summed E-state index contributed by atoms with van der Waals surface area (Å²) in [7, 11) is 0. The van der Waals surface area contributed by atoms with E-state index in [2.05, 4.69) is 17.1 Å². The number of aliphatic carboxylic acids is 1. The molecule has 104 valence electrons. The van der Waals surface area contributed by atoms with Gasteiger partial charge in [-0.3, -0.25) is 4.79 Å². The topological polar surface area (TPSA) is 52.6 Å². The van der Waals surface area contributed by atoms with Crippen molar-refractivity contribution in [2.75, 3.05) is 26.2 Å². The van der Waals surface area contributed by atoms with Gasteiger partial charge >= 0.3 is 5.97 Å². The van der Waals surface area contributed by atoms with Gasteiger partial charge in [-0.1, -0.05) is 13.3 Å². The molecule has 1 saturated carbocycles. The van der Waals surface area contributed by atoms with Crippen LogP contribution in [0.4, 0.5) is 0 Å². The number of hydrogen-bond donors (Lipinski definition) is 2. The van der Waals surface area contributed by atoms with Crippen molar-refractivity contribution in [3.05, 3.63) is 0 Å². The van der Waals surface area contributed by atoms with Gasteiger partial charge in [0.15, 0.2) is 0 Å². The molecule has 1 saturated heterocycles. The van der Waals surface area contributed by atoms with E-state index in [1.54, 1.807) is 0 Å².